The molecule has 0 atom stereocenters. The van der Waals surface area contributed by atoms with Crippen LogP contribution in [0.3, 0.4) is 0 Å². The number of aromatic nitrogens is 3. The van der Waals surface area contributed by atoms with Gasteiger partial charge in [0.15, 0.2) is 11.5 Å². The third-order valence-electron chi connectivity index (χ3n) is 2.55. The van der Waals surface area contributed by atoms with Crippen molar-refractivity contribution in [3.05, 3.63) is 51.7 Å². The zero-order valence-electron chi connectivity index (χ0n) is 9.44. The number of hydrogen-bond acceptors (Lipinski definition) is 3. The molecule has 2 heterocycles. The molecular formula is C12H7Br2FN4. The number of anilines is 2. The smallest absolute Gasteiger partial charge is 0.180 e. The molecule has 0 aliphatic carbocycles. The highest BCUT2D eigenvalue weighted by atomic mass is 79.9. The first kappa shape index (κ1) is 12.6. The van der Waals surface area contributed by atoms with E-state index < -0.39 is 0 Å². The predicted molar refractivity (Wildman–Crippen MR) is 78.1 cm³/mol. The van der Waals surface area contributed by atoms with Crippen molar-refractivity contribution in [1.82, 2.24) is 14.4 Å². The van der Waals surface area contributed by atoms with Gasteiger partial charge < -0.3 is 9.72 Å². The molecule has 7 heteroatoms. The number of nitrogens with zero attached hydrogens (tertiary/aromatic N) is 3. The van der Waals surface area contributed by atoms with Gasteiger partial charge in [-0.05, 0) is 44.0 Å². The van der Waals surface area contributed by atoms with Gasteiger partial charge in [0.25, 0.3) is 0 Å². The van der Waals surface area contributed by atoms with Gasteiger partial charge in [0.1, 0.15) is 10.4 Å². The highest BCUT2D eigenvalue weighted by Gasteiger charge is 2.11. The standard InChI is InChI=1S/C12H7Br2FN4/c13-7-2-1-3-8(15)10(7)18-11-12-16-4-5-19(12)6-9(14)17-11/h1-6H,(H,17,18). The second-order valence-corrected chi connectivity index (χ2v) is 5.46. The van der Waals surface area contributed by atoms with Gasteiger partial charge in [-0.25, -0.2) is 14.4 Å². The summed E-state index contributed by atoms with van der Waals surface area (Å²) in [6.07, 6.45) is 5.23. The summed E-state index contributed by atoms with van der Waals surface area (Å²) in [6.45, 7) is 0. The van der Waals surface area contributed by atoms with Gasteiger partial charge in [0, 0.05) is 23.1 Å². The monoisotopic (exact) mass is 384 g/mol. The van der Waals surface area contributed by atoms with Crippen LogP contribution in [0.4, 0.5) is 15.9 Å². The van der Waals surface area contributed by atoms with Gasteiger partial charge in [-0.3, -0.25) is 0 Å². The van der Waals surface area contributed by atoms with Crippen molar-refractivity contribution in [1.29, 1.82) is 0 Å². The Balaban J connectivity index is 2.13. The summed E-state index contributed by atoms with van der Waals surface area (Å²) in [5.41, 5.74) is 0.955. The molecule has 0 saturated carbocycles. The summed E-state index contributed by atoms with van der Waals surface area (Å²) in [4.78, 5) is 8.48. The molecule has 4 nitrogen and oxygen atoms in total. The molecule has 19 heavy (non-hydrogen) atoms. The van der Waals surface area contributed by atoms with E-state index in [2.05, 4.69) is 47.1 Å². The average Bonchev–Trinajstić information content (AvgIpc) is 2.81. The first-order valence-corrected chi connectivity index (χ1v) is 6.94. The van der Waals surface area contributed by atoms with Crippen LogP contribution in [0, 0.1) is 5.82 Å². The Labute approximate surface area is 124 Å². The molecule has 0 radical (unpaired) electrons. The number of halogens is 3. The third-order valence-corrected chi connectivity index (χ3v) is 3.59. The topological polar surface area (TPSA) is 42.2 Å². The Morgan fingerprint density at radius 1 is 1.26 bits per heavy atom. The van der Waals surface area contributed by atoms with Crippen molar-refractivity contribution in [3.8, 4) is 0 Å². The average molecular weight is 386 g/mol. The molecule has 3 aromatic rings. The summed E-state index contributed by atoms with van der Waals surface area (Å²) in [7, 11) is 0. The zero-order valence-corrected chi connectivity index (χ0v) is 12.6. The molecule has 0 saturated heterocycles. The van der Waals surface area contributed by atoms with Crippen LogP contribution in [0.5, 0.6) is 0 Å². The maximum atomic E-state index is 13.8. The van der Waals surface area contributed by atoms with Crippen LogP contribution < -0.4 is 5.32 Å². The number of benzene rings is 1. The SMILES string of the molecule is Fc1cccc(Br)c1Nc1nc(Br)cn2ccnc12. The molecule has 0 unspecified atom stereocenters. The first-order chi connectivity index (χ1) is 9.15. The van der Waals surface area contributed by atoms with E-state index in [1.165, 1.54) is 6.07 Å². The lowest BCUT2D eigenvalue weighted by Gasteiger charge is -2.10. The van der Waals surface area contributed by atoms with Crippen molar-refractivity contribution in [3.63, 3.8) is 0 Å². The van der Waals surface area contributed by atoms with Gasteiger partial charge in [0.05, 0.1) is 5.69 Å². The van der Waals surface area contributed by atoms with E-state index in [-0.39, 0.29) is 5.82 Å². The van der Waals surface area contributed by atoms with Gasteiger partial charge in [0.2, 0.25) is 0 Å². The first-order valence-electron chi connectivity index (χ1n) is 5.35. The molecule has 1 aromatic carbocycles. The van der Waals surface area contributed by atoms with Gasteiger partial charge in [-0.15, -0.1) is 0 Å². The molecule has 2 aromatic heterocycles. The van der Waals surface area contributed by atoms with Gasteiger partial charge in [-0.2, -0.15) is 0 Å². The lowest BCUT2D eigenvalue weighted by Crippen LogP contribution is -2.01. The summed E-state index contributed by atoms with van der Waals surface area (Å²) in [5.74, 6) is 0.117. The molecule has 96 valence electrons. The van der Waals surface area contributed by atoms with Crippen LogP contribution in [-0.4, -0.2) is 14.4 Å². The lowest BCUT2D eigenvalue weighted by molar-refractivity contribution is 0.631. The Bertz CT molecular complexity index is 736. The van der Waals surface area contributed by atoms with E-state index in [9.17, 15) is 4.39 Å². The molecule has 0 amide bonds. The zero-order chi connectivity index (χ0) is 13.4. The van der Waals surface area contributed by atoms with E-state index >= 15 is 0 Å². The van der Waals surface area contributed by atoms with Gasteiger partial charge >= 0.3 is 0 Å². The normalized spacial score (nSPS) is 10.9. The fourth-order valence-electron chi connectivity index (χ4n) is 1.72. The summed E-state index contributed by atoms with van der Waals surface area (Å²) in [5, 5.41) is 2.96. The van der Waals surface area contributed by atoms with E-state index in [0.29, 0.717) is 26.2 Å². The number of para-hydroxylation sites is 1. The minimum absolute atomic E-state index is 0.331. The van der Waals surface area contributed by atoms with Crippen molar-refractivity contribution in [2.75, 3.05) is 5.32 Å². The quantitative estimate of drug-likeness (QED) is 0.720. The Morgan fingerprint density at radius 2 is 2.11 bits per heavy atom. The fraction of sp³-hybridized carbons (Fsp3) is 0. The number of rotatable bonds is 2. The predicted octanol–water partition coefficient (Wildman–Crippen LogP) is 4.14. The maximum absolute atomic E-state index is 13.8. The van der Waals surface area contributed by atoms with E-state index in [1.54, 1.807) is 35.1 Å². The molecule has 0 fully saturated rings. The van der Waals surface area contributed by atoms with Crippen LogP contribution in [-0.2, 0) is 0 Å². The number of imidazole rings is 1. The molecule has 0 aliphatic heterocycles. The number of nitrogens with one attached hydrogen (secondary N) is 1. The molecule has 0 spiro atoms. The number of fused-ring (bicyclic) bond motifs is 1. The van der Waals surface area contributed by atoms with E-state index in [4.69, 9.17) is 0 Å². The molecule has 1 N–H and O–H groups in total. The van der Waals surface area contributed by atoms with Crippen LogP contribution in [0.1, 0.15) is 0 Å². The Hall–Kier alpha value is -1.47. The molecular weight excluding hydrogens is 379 g/mol. The van der Waals surface area contributed by atoms with Crippen LogP contribution in [0.25, 0.3) is 5.65 Å². The second-order valence-electron chi connectivity index (χ2n) is 3.79. The Kier molecular flexibility index (Phi) is 3.24. The minimum Gasteiger partial charge on any atom is -0.334 e. The van der Waals surface area contributed by atoms with Crippen molar-refractivity contribution >= 4 is 49.0 Å². The summed E-state index contributed by atoms with van der Waals surface area (Å²) >= 11 is 6.62. The molecule has 0 bridgehead atoms. The van der Waals surface area contributed by atoms with Crippen molar-refractivity contribution in [2.24, 2.45) is 0 Å². The summed E-state index contributed by atoms with van der Waals surface area (Å²) < 4.78 is 16.9. The fourth-order valence-corrected chi connectivity index (χ4v) is 2.56. The van der Waals surface area contributed by atoms with E-state index in [1.807, 2.05) is 0 Å². The largest absolute Gasteiger partial charge is 0.334 e. The van der Waals surface area contributed by atoms with Crippen molar-refractivity contribution < 1.29 is 4.39 Å². The van der Waals surface area contributed by atoms with Crippen LogP contribution in [0.15, 0.2) is 45.9 Å². The van der Waals surface area contributed by atoms with Crippen LogP contribution in [0.2, 0.25) is 0 Å². The maximum Gasteiger partial charge on any atom is 0.180 e. The van der Waals surface area contributed by atoms with Gasteiger partial charge in [-0.1, -0.05) is 6.07 Å². The second kappa shape index (κ2) is 4.90. The highest BCUT2D eigenvalue weighted by Crippen LogP contribution is 2.29. The Morgan fingerprint density at radius 3 is 2.89 bits per heavy atom. The molecule has 3 rings (SSSR count). The number of hydrogen-bond donors (Lipinski definition) is 1. The minimum atomic E-state index is -0.360. The van der Waals surface area contributed by atoms with Crippen molar-refractivity contribution in [2.45, 2.75) is 0 Å². The molecule has 0 aliphatic rings. The summed E-state index contributed by atoms with van der Waals surface area (Å²) in [6, 6.07) is 4.77. The lowest BCUT2D eigenvalue weighted by atomic mass is 10.3. The van der Waals surface area contributed by atoms with E-state index in [0.717, 1.165) is 0 Å². The highest BCUT2D eigenvalue weighted by molar-refractivity contribution is 9.10. The van der Waals surface area contributed by atoms with Crippen LogP contribution >= 0.6 is 31.9 Å². The third kappa shape index (κ3) is 2.35.